The minimum atomic E-state index is -0.379. The van der Waals surface area contributed by atoms with Crippen LogP contribution in [0.1, 0.15) is 11.1 Å². The molecule has 3 aromatic rings. The van der Waals surface area contributed by atoms with Gasteiger partial charge in [0.1, 0.15) is 11.6 Å². The van der Waals surface area contributed by atoms with Gasteiger partial charge < -0.3 is 5.32 Å². The normalized spacial score (nSPS) is 11.0. The van der Waals surface area contributed by atoms with E-state index in [-0.39, 0.29) is 11.5 Å². The summed E-state index contributed by atoms with van der Waals surface area (Å²) in [5, 5.41) is 16.3. The molecule has 128 valence electrons. The summed E-state index contributed by atoms with van der Waals surface area (Å²) >= 11 is 0. The molecule has 3 rings (SSSR count). The fraction of sp³-hybridized carbons (Fsp3) is 0.0952. The summed E-state index contributed by atoms with van der Waals surface area (Å²) in [5.41, 5.74) is 2.81. The van der Waals surface area contributed by atoms with Gasteiger partial charge in [-0.25, -0.2) is 4.68 Å². The number of carbonyl (C=O) groups is 1. The largest absolute Gasteiger partial charge is 0.351 e. The van der Waals surface area contributed by atoms with E-state index in [4.69, 9.17) is 0 Å². The third-order valence-electron chi connectivity index (χ3n) is 3.84. The topological polar surface area (TPSA) is 70.7 Å². The van der Waals surface area contributed by atoms with Crippen LogP contribution in [0, 0.1) is 11.3 Å². The first kappa shape index (κ1) is 17.2. The van der Waals surface area contributed by atoms with E-state index in [1.807, 2.05) is 66.7 Å². The molecular weight excluding hydrogens is 324 g/mol. The van der Waals surface area contributed by atoms with Crippen LogP contribution in [0.25, 0.3) is 11.8 Å². The summed E-state index contributed by atoms with van der Waals surface area (Å²) in [5.74, 6) is -0.379. The van der Waals surface area contributed by atoms with E-state index in [2.05, 4.69) is 10.4 Å². The maximum absolute atomic E-state index is 12.2. The van der Waals surface area contributed by atoms with E-state index in [1.165, 1.54) is 0 Å². The van der Waals surface area contributed by atoms with Crippen LogP contribution < -0.4 is 5.32 Å². The van der Waals surface area contributed by atoms with Crippen molar-refractivity contribution in [2.45, 2.75) is 6.42 Å². The number of amides is 1. The van der Waals surface area contributed by atoms with Gasteiger partial charge in [-0.1, -0.05) is 48.5 Å². The second-order valence-electron chi connectivity index (χ2n) is 5.72. The fourth-order valence-electron chi connectivity index (χ4n) is 2.51. The van der Waals surface area contributed by atoms with Crippen molar-refractivity contribution in [3.05, 3.63) is 89.8 Å². The fourth-order valence-corrected chi connectivity index (χ4v) is 2.51. The molecule has 0 bridgehead atoms. The molecule has 0 spiro atoms. The molecule has 26 heavy (non-hydrogen) atoms. The molecule has 0 saturated carbocycles. The third-order valence-corrected chi connectivity index (χ3v) is 3.84. The Bertz CT molecular complexity index is 937. The van der Waals surface area contributed by atoms with Gasteiger partial charge in [0.2, 0.25) is 0 Å². The number of carbonyl (C=O) groups excluding carboxylic acids is 1. The van der Waals surface area contributed by atoms with Gasteiger partial charge in [0.05, 0.1) is 11.9 Å². The van der Waals surface area contributed by atoms with Crippen LogP contribution in [0.5, 0.6) is 0 Å². The number of hydrogen-bond acceptors (Lipinski definition) is 3. The lowest BCUT2D eigenvalue weighted by atomic mass is 10.1. The van der Waals surface area contributed by atoms with Gasteiger partial charge in [0, 0.05) is 18.3 Å². The summed E-state index contributed by atoms with van der Waals surface area (Å²) in [6.07, 6.45) is 5.67. The van der Waals surface area contributed by atoms with Crippen molar-refractivity contribution < 1.29 is 4.79 Å². The smallest absolute Gasteiger partial charge is 0.261 e. The molecule has 0 aliphatic heterocycles. The maximum Gasteiger partial charge on any atom is 0.261 e. The molecule has 5 heteroatoms. The number of nitrogens with zero attached hydrogens (tertiary/aromatic N) is 3. The van der Waals surface area contributed by atoms with Crippen molar-refractivity contribution in [3.8, 4) is 11.8 Å². The van der Waals surface area contributed by atoms with E-state index in [0.29, 0.717) is 12.1 Å². The van der Waals surface area contributed by atoms with Gasteiger partial charge >= 0.3 is 0 Å². The summed E-state index contributed by atoms with van der Waals surface area (Å²) in [7, 11) is 0. The lowest BCUT2D eigenvalue weighted by Crippen LogP contribution is -2.26. The van der Waals surface area contributed by atoms with Crippen molar-refractivity contribution in [1.29, 1.82) is 5.26 Å². The zero-order chi connectivity index (χ0) is 18.2. The molecule has 0 fully saturated rings. The van der Waals surface area contributed by atoms with Crippen LogP contribution in [0.2, 0.25) is 0 Å². The lowest BCUT2D eigenvalue weighted by Gasteiger charge is -2.04. The molecule has 1 aromatic heterocycles. The monoisotopic (exact) mass is 342 g/mol. The van der Waals surface area contributed by atoms with E-state index >= 15 is 0 Å². The highest BCUT2D eigenvalue weighted by Crippen LogP contribution is 2.11. The number of benzene rings is 2. The quantitative estimate of drug-likeness (QED) is 0.553. The Labute approximate surface area is 152 Å². The maximum atomic E-state index is 12.2. The molecule has 0 unspecified atom stereocenters. The summed E-state index contributed by atoms with van der Waals surface area (Å²) in [6, 6.07) is 21.5. The van der Waals surface area contributed by atoms with Gasteiger partial charge in [-0.3, -0.25) is 4.79 Å². The van der Waals surface area contributed by atoms with Crippen LogP contribution >= 0.6 is 0 Å². The number of para-hydroxylation sites is 1. The highest BCUT2D eigenvalue weighted by atomic mass is 16.1. The summed E-state index contributed by atoms with van der Waals surface area (Å²) in [4.78, 5) is 12.2. The lowest BCUT2D eigenvalue weighted by molar-refractivity contribution is -0.117. The van der Waals surface area contributed by atoms with Gasteiger partial charge in [-0.05, 0) is 30.2 Å². The standard InChI is InChI=1S/C21H18N4O/c22-14-19(21(26)23-12-11-17-7-3-1-4-8-17)13-18-15-24-25(16-18)20-9-5-2-6-10-20/h1-10,13,15-16H,11-12H2,(H,23,26)/b19-13+. The van der Waals surface area contributed by atoms with Crippen LogP contribution in [0.3, 0.4) is 0 Å². The Morgan fingerprint density at radius 2 is 1.81 bits per heavy atom. The highest BCUT2D eigenvalue weighted by Gasteiger charge is 2.09. The van der Waals surface area contributed by atoms with Crippen molar-refractivity contribution in [2.24, 2.45) is 0 Å². The number of hydrogen-bond donors (Lipinski definition) is 1. The zero-order valence-electron chi connectivity index (χ0n) is 14.2. The average Bonchev–Trinajstić information content (AvgIpc) is 3.16. The predicted molar refractivity (Wildman–Crippen MR) is 100 cm³/mol. The number of aromatic nitrogens is 2. The van der Waals surface area contributed by atoms with Gasteiger partial charge in [0.15, 0.2) is 0 Å². The molecule has 0 aliphatic rings. The molecular formula is C21H18N4O. The number of nitrogens with one attached hydrogen (secondary N) is 1. The van der Waals surface area contributed by atoms with E-state index in [0.717, 1.165) is 17.7 Å². The third kappa shape index (κ3) is 4.46. The number of nitriles is 1. The second kappa shape index (κ2) is 8.45. The molecule has 0 aliphatic carbocycles. The molecule has 5 nitrogen and oxygen atoms in total. The minimum Gasteiger partial charge on any atom is -0.351 e. The van der Waals surface area contributed by atoms with E-state index < -0.39 is 0 Å². The highest BCUT2D eigenvalue weighted by molar-refractivity contribution is 6.01. The predicted octanol–water partition coefficient (Wildman–Crippen LogP) is 3.14. The van der Waals surface area contributed by atoms with Crippen molar-refractivity contribution >= 4 is 12.0 Å². The van der Waals surface area contributed by atoms with Crippen LogP contribution in [0.15, 0.2) is 78.6 Å². The first-order chi connectivity index (χ1) is 12.8. The molecule has 0 saturated heterocycles. The Morgan fingerprint density at radius 1 is 1.12 bits per heavy atom. The summed E-state index contributed by atoms with van der Waals surface area (Å²) in [6.45, 7) is 0.477. The van der Waals surface area contributed by atoms with Crippen molar-refractivity contribution in [1.82, 2.24) is 15.1 Å². The molecule has 1 amide bonds. The Balaban J connectivity index is 1.63. The van der Waals surface area contributed by atoms with Crippen LogP contribution in [-0.2, 0) is 11.2 Å². The molecule has 1 N–H and O–H groups in total. The molecule has 2 aromatic carbocycles. The first-order valence-electron chi connectivity index (χ1n) is 8.30. The second-order valence-corrected chi connectivity index (χ2v) is 5.72. The minimum absolute atomic E-state index is 0.0608. The zero-order valence-corrected chi connectivity index (χ0v) is 14.2. The van der Waals surface area contributed by atoms with Crippen LogP contribution in [0.4, 0.5) is 0 Å². The van der Waals surface area contributed by atoms with Gasteiger partial charge in [-0.15, -0.1) is 0 Å². The number of rotatable bonds is 6. The van der Waals surface area contributed by atoms with Gasteiger partial charge in [-0.2, -0.15) is 10.4 Å². The molecule has 0 atom stereocenters. The van der Waals surface area contributed by atoms with E-state index in [1.54, 1.807) is 23.2 Å². The van der Waals surface area contributed by atoms with E-state index in [9.17, 15) is 10.1 Å². The average molecular weight is 342 g/mol. The van der Waals surface area contributed by atoms with Gasteiger partial charge in [0.25, 0.3) is 5.91 Å². The first-order valence-corrected chi connectivity index (χ1v) is 8.30. The van der Waals surface area contributed by atoms with Crippen molar-refractivity contribution in [3.63, 3.8) is 0 Å². The Hall–Kier alpha value is -3.65. The SMILES string of the molecule is N#C/C(=C\c1cnn(-c2ccccc2)c1)C(=O)NCCc1ccccc1. The Kier molecular flexibility index (Phi) is 5.58. The summed E-state index contributed by atoms with van der Waals surface area (Å²) < 4.78 is 1.70. The van der Waals surface area contributed by atoms with Crippen LogP contribution in [-0.4, -0.2) is 22.2 Å². The van der Waals surface area contributed by atoms with Crippen molar-refractivity contribution in [2.75, 3.05) is 6.54 Å². The molecule has 1 heterocycles. The molecule has 0 radical (unpaired) electrons. The Morgan fingerprint density at radius 3 is 2.50 bits per heavy atom.